The van der Waals surface area contributed by atoms with Gasteiger partial charge in [-0.05, 0) is 25.1 Å². The van der Waals surface area contributed by atoms with Crippen LogP contribution in [0, 0.1) is 6.92 Å². The molecule has 2 rings (SSSR count). The van der Waals surface area contributed by atoms with E-state index in [0.717, 1.165) is 25.5 Å². The van der Waals surface area contributed by atoms with E-state index in [0.29, 0.717) is 6.54 Å². The molecule has 2 N–H and O–H groups in total. The van der Waals surface area contributed by atoms with Crippen molar-refractivity contribution in [3.05, 3.63) is 53.6 Å². The first-order chi connectivity index (χ1) is 9.20. The van der Waals surface area contributed by atoms with E-state index in [1.54, 1.807) is 0 Å². The number of hydrogen-bond donors (Lipinski definition) is 1. The summed E-state index contributed by atoms with van der Waals surface area (Å²) in [6.07, 6.45) is 3.87. The van der Waals surface area contributed by atoms with Gasteiger partial charge in [0.05, 0.1) is 0 Å². The largest absolute Gasteiger partial charge is 0.334 e. The van der Waals surface area contributed by atoms with Gasteiger partial charge in [0.25, 0.3) is 0 Å². The lowest BCUT2D eigenvalue weighted by Crippen LogP contribution is -2.24. The molecule has 0 unspecified atom stereocenters. The Morgan fingerprint density at radius 1 is 1.26 bits per heavy atom. The zero-order valence-corrected chi connectivity index (χ0v) is 11.7. The highest BCUT2D eigenvalue weighted by Crippen LogP contribution is 2.10. The molecule has 0 saturated carbocycles. The van der Waals surface area contributed by atoms with E-state index in [9.17, 15) is 0 Å². The second kappa shape index (κ2) is 6.50. The maximum atomic E-state index is 5.77. The third-order valence-electron chi connectivity index (χ3n) is 3.42. The van der Waals surface area contributed by atoms with Gasteiger partial charge in [0.1, 0.15) is 5.82 Å². The Morgan fingerprint density at radius 3 is 2.63 bits per heavy atom. The van der Waals surface area contributed by atoms with Crippen molar-refractivity contribution in [2.24, 2.45) is 5.73 Å². The van der Waals surface area contributed by atoms with Crippen LogP contribution in [-0.4, -0.2) is 28.0 Å². The monoisotopic (exact) mass is 258 g/mol. The Labute approximate surface area is 114 Å². The Balaban J connectivity index is 1.90. The Hall–Kier alpha value is -1.65. The third kappa shape index (κ3) is 3.66. The highest BCUT2D eigenvalue weighted by Gasteiger charge is 2.05. The Kier molecular flexibility index (Phi) is 4.71. The highest BCUT2D eigenvalue weighted by atomic mass is 15.1. The fourth-order valence-electron chi connectivity index (χ4n) is 2.20. The van der Waals surface area contributed by atoms with Crippen molar-refractivity contribution in [1.82, 2.24) is 14.5 Å². The number of rotatable bonds is 6. The van der Waals surface area contributed by atoms with Crippen LogP contribution in [-0.2, 0) is 19.6 Å². The molecule has 4 nitrogen and oxygen atoms in total. The summed E-state index contributed by atoms with van der Waals surface area (Å²) in [7, 11) is 2.14. The predicted molar refractivity (Wildman–Crippen MR) is 77.6 cm³/mol. The van der Waals surface area contributed by atoms with E-state index < -0.39 is 0 Å². The van der Waals surface area contributed by atoms with E-state index in [2.05, 4.69) is 39.7 Å². The van der Waals surface area contributed by atoms with Crippen LogP contribution in [0.5, 0.6) is 0 Å². The van der Waals surface area contributed by atoms with Gasteiger partial charge in [-0.15, -0.1) is 0 Å². The van der Waals surface area contributed by atoms with Crippen molar-refractivity contribution < 1.29 is 0 Å². The first-order valence-corrected chi connectivity index (χ1v) is 6.64. The van der Waals surface area contributed by atoms with Crippen LogP contribution < -0.4 is 5.73 Å². The van der Waals surface area contributed by atoms with Crippen molar-refractivity contribution in [1.29, 1.82) is 0 Å². The van der Waals surface area contributed by atoms with Crippen molar-refractivity contribution in [2.45, 2.75) is 26.6 Å². The van der Waals surface area contributed by atoms with E-state index in [1.807, 2.05) is 25.4 Å². The van der Waals surface area contributed by atoms with Gasteiger partial charge >= 0.3 is 0 Å². The summed E-state index contributed by atoms with van der Waals surface area (Å²) in [5.41, 5.74) is 8.31. The maximum absolute atomic E-state index is 5.77. The highest BCUT2D eigenvalue weighted by molar-refractivity contribution is 5.26. The Bertz CT molecular complexity index is 518. The molecule has 0 aliphatic carbocycles. The zero-order chi connectivity index (χ0) is 13.7. The fraction of sp³-hybridized carbons (Fsp3) is 0.400. The molecule has 0 atom stereocenters. The van der Waals surface area contributed by atoms with E-state index in [1.165, 1.54) is 11.1 Å². The average Bonchev–Trinajstić information content (AvgIpc) is 2.82. The molecule has 2 aromatic rings. The lowest BCUT2D eigenvalue weighted by atomic mass is 10.1. The minimum atomic E-state index is 0.602. The van der Waals surface area contributed by atoms with Crippen LogP contribution in [0.3, 0.4) is 0 Å². The summed E-state index contributed by atoms with van der Waals surface area (Å²) in [5, 5.41) is 0. The number of benzene rings is 1. The number of aromatic nitrogens is 2. The molecule has 0 aliphatic rings. The van der Waals surface area contributed by atoms with Crippen LogP contribution >= 0.6 is 0 Å². The fourth-order valence-corrected chi connectivity index (χ4v) is 2.20. The number of hydrogen-bond acceptors (Lipinski definition) is 3. The van der Waals surface area contributed by atoms with Crippen LogP contribution in [0.4, 0.5) is 0 Å². The normalized spacial score (nSPS) is 11.2. The summed E-state index contributed by atoms with van der Waals surface area (Å²) in [6.45, 7) is 5.53. The van der Waals surface area contributed by atoms with Gasteiger partial charge in [-0.3, -0.25) is 0 Å². The molecular formula is C15H22N4. The summed E-state index contributed by atoms with van der Waals surface area (Å²) in [5.74, 6) is 1.07. The van der Waals surface area contributed by atoms with Crippen molar-refractivity contribution in [2.75, 3.05) is 13.6 Å². The number of aryl methyl sites for hydroxylation is 1. The SMILES string of the molecule is Cc1nccn1CCN(C)Cc1ccccc1CN. The first-order valence-electron chi connectivity index (χ1n) is 6.64. The second-order valence-corrected chi connectivity index (χ2v) is 4.88. The van der Waals surface area contributed by atoms with Gasteiger partial charge in [-0.2, -0.15) is 0 Å². The topological polar surface area (TPSA) is 47.1 Å². The Morgan fingerprint density at radius 2 is 2.00 bits per heavy atom. The average molecular weight is 258 g/mol. The summed E-state index contributed by atoms with van der Waals surface area (Å²) < 4.78 is 2.17. The molecule has 102 valence electrons. The van der Waals surface area contributed by atoms with Crippen LogP contribution in [0.25, 0.3) is 0 Å². The molecule has 4 heteroatoms. The van der Waals surface area contributed by atoms with E-state index in [-0.39, 0.29) is 0 Å². The molecule has 0 aliphatic heterocycles. The lowest BCUT2D eigenvalue weighted by Gasteiger charge is -2.19. The number of imidazole rings is 1. The molecule has 0 amide bonds. The van der Waals surface area contributed by atoms with Gasteiger partial charge in [0.15, 0.2) is 0 Å². The van der Waals surface area contributed by atoms with Gasteiger partial charge in [0, 0.05) is 38.6 Å². The molecule has 0 bridgehead atoms. The van der Waals surface area contributed by atoms with Crippen molar-refractivity contribution in [3.8, 4) is 0 Å². The smallest absolute Gasteiger partial charge is 0.105 e. The molecule has 0 saturated heterocycles. The summed E-state index contributed by atoms with van der Waals surface area (Å²) in [4.78, 5) is 6.55. The number of nitrogens with zero attached hydrogens (tertiary/aromatic N) is 3. The summed E-state index contributed by atoms with van der Waals surface area (Å²) >= 11 is 0. The van der Waals surface area contributed by atoms with Crippen LogP contribution in [0.15, 0.2) is 36.7 Å². The molecule has 1 heterocycles. The zero-order valence-electron chi connectivity index (χ0n) is 11.7. The van der Waals surface area contributed by atoms with Gasteiger partial charge in [0.2, 0.25) is 0 Å². The predicted octanol–water partition coefficient (Wildman–Crippen LogP) is 1.78. The quantitative estimate of drug-likeness (QED) is 0.859. The van der Waals surface area contributed by atoms with Crippen molar-refractivity contribution in [3.63, 3.8) is 0 Å². The molecule has 1 aromatic carbocycles. The van der Waals surface area contributed by atoms with Crippen LogP contribution in [0.2, 0.25) is 0 Å². The second-order valence-electron chi connectivity index (χ2n) is 4.88. The molecular weight excluding hydrogens is 236 g/mol. The number of nitrogens with two attached hydrogens (primary N) is 1. The van der Waals surface area contributed by atoms with Crippen LogP contribution in [0.1, 0.15) is 17.0 Å². The standard InChI is InChI=1S/C15H22N4/c1-13-17-7-8-19(13)10-9-18(2)12-15-6-4-3-5-14(15)11-16/h3-8H,9-12,16H2,1-2H3. The van der Waals surface area contributed by atoms with E-state index in [4.69, 9.17) is 5.73 Å². The summed E-state index contributed by atoms with van der Waals surface area (Å²) in [6, 6.07) is 8.37. The van der Waals surface area contributed by atoms with Crippen molar-refractivity contribution >= 4 is 0 Å². The van der Waals surface area contributed by atoms with Gasteiger partial charge in [-0.1, -0.05) is 24.3 Å². The van der Waals surface area contributed by atoms with Gasteiger partial charge in [-0.25, -0.2) is 4.98 Å². The molecule has 19 heavy (non-hydrogen) atoms. The first kappa shape index (κ1) is 13.8. The molecule has 0 spiro atoms. The van der Waals surface area contributed by atoms with E-state index >= 15 is 0 Å². The molecule has 0 fully saturated rings. The minimum Gasteiger partial charge on any atom is -0.334 e. The molecule has 1 aromatic heterocycles. The van der Waals surface area contributed by atoms with Gasteiger partial charge < -0.3 is 15.2 Å². The minimum absolute atomic E-state index is 0.602. The third-order valence-corrected chi connectivity index (χ3v) is 3.42. The number of likely N-dealkylation sites (N-methyl/N-ethyl adjacent to an activating group) is 1. The maximum Gasteiger partial charge on any atom is 0.105 e. The molecule has 0 radical (unpaired) electrons. The lowest BCUT2D eigenvalue weighted by molar-refractivity contribution is 0.309.